The average molecular weight is 592 g/mol. The SMILES string of the molecule is CO[C@H]1C[C@H]2C=C[C@H]3[C@H]4O[C@]2(/C(C)=C/[C@@H](C)[C@@H]([C@@H](C)OC(=O)CCl)OC1=O)[C@@H]3[C@H](O)[C@@H](C)[C@H]4OC(=O)c1ccc[nH]1. The van der Waals surface area contributed by atoms with Crippen LogP contribution >= 0.6 is 11.6 Å². The number of rotatable bonds is 6. The lowest BCUT2D eigenvalue weighted by Gasteiger charge is -2.48. The highest BCUT2D eigenvalue weighted by atomic mass is 35.5. The molecule has 10 nitrogen and oxygen atoms in total. The fourth-order valence-electron chi connectivity index (χ4n) is 7.44. The topological polar surface area (TPSA) is 133 Å². The van der Waals surface area contributed by atoms with Crippen LogP contribution in [0, 0.1) is 29.6 Å². The molecule has 1 aromatic rings. The number of carbonyl (C=O) groups excluding carboxylic acids is 3. The second-order valence-corrected chi connectivity index (χ2v) is 11.9. The van der Waals surface area contributed by atoms with Crippen molar-refractivity contribution in [2.75, 3.05) is 13.0 Å². The van der Waals surface area contributed by atoms with Gasteiger partial charge in [0.25, 0.3) is 0 Å². The number of H-pyrrole nitrogens is 1. The predicted octanol–water partition coefficient (Wildman–Crippen LogP) is 3.19. The number of carbonyl (C=O) groups is 3. The molecule has 0 aromatic carbocycles. The number of halogens is 1. The van der Waals surface area contributed by atoms with E-state index >= 15 is 0 Å². The van der Waals surface area contributed by atoms with E-state index in [2.05, 4.69) is 4.98 Å². The molecule has 2 aliphatic heterocycles. The van der Waals surface area contributed by atoms with Crippen molar-refractivity contribution in [2.45, 2.75) is 76.3 Å². The third-order valence-electron chi connectivity index (χ3n) is 9.35. The second kappa shape index (κ2) is 11.6. The minimum atomic E-state index is -0.991. The van der Waals surface area contributed by atoms with Gasteiger partial charge in [0.15, 0.2) is 6.10 Å². The Morgan fingerprint density at radius 3 is 2.71 bits per heavy atom. The van der Waals surface area contributed by atoms with E-state index in [9.17, 15) is 19.5 Å². The number of aliphatic hydroxyl groups is 1. The zero-order valence-corrected chi connectivity index (χ0v) is 24.6. The summed E-state index contributed by atoms with van der Waals surface area (Å²) in [6.07, 6.45) is 3.30. The molecule has 11 heteroatoms. The molecule has 3 heterocycles. The van der Waals surface area contributed by atoms with Gasteiger partial charge in [-0.1, -0.05) is 32.1 Å². The quantitative estimate of drug-likeness (QED) is 0.221. The van der Waals surface area contributed by atoms with Crippen LogP contribution in [0.15, 0.2) is 42.1 Å². The average Bonchev–Trinajstić information content (AvgIpc) is 3.55. The van der Waals surface area contributed by atoms with Crippen molar-refractivity contribution in [1.82, 2.24) is 4.98 Å². The maximum Gasteiger partial charge on any atom is 0.355 e. The Labute approximate surface area is 244 Å². The molecule has 0 amide bonds. The first kappa shape index (κ1) is 29.8. The van der Waals surface area contributed by atoms with Gasteiger partial charge in [-0.2, -0.15) is 0 Å². The summed E-state index contributed by atoms with van der Waals surface area (Å²) in [7, 11) is 1.44. The van der Waals surface area contributed by atoms with Crippen LogP contribution in [0.2, 0.25) is 0 Å². The Morgan fingerprint density at radius 2 is 2.05 bits per heavy atom. The molecule has 2 fully saturated rings. The highest BCUT2D eigenvalue weighted by Gasteiger charge is 2.69. The van der Waals surface area contributed by atoms with E-state index in [1.165, 1.54) is 7.11 Å². The number of alkyl halides is 1. The number of aromatic nitrogens is 1. The number of ether oxygens (including phenoxy) is 5. The van der Waals surface area contributed by atoms with Crippen LogP contribution in [0.4, 0.5) is 0 Å². The lowest BCUT2D eigenvalue weighted by Crippen LogP contribution is -2.57. The van der Waals surface area contributed by atoms with Crippen LogP contribution in [0.3, 0.4) is 0 Å². The summed E-state index contributed by atoms with van der Waals surface area (Å²) < 4.78 is 29.9. The highest BCUT2D eigenvalue weighted by molar-refractivity contribution is 6.26. The van der Waals surface area contributed by atoms with Crippen molar-refractivity contribution in [1.29, 1.82) is 0 Å². The number of cyclic esters (lactones) is 1. The molecule has 2 aliphatic carbocycles. The van der Waals surface area contributed by atoms with E-state index in [4.69, 9.17) is 35.3 Å². The van der Waals surface area contributed by atoms with E-state index in [-0.39, 0.29) is 30.1 Å². The van der Waals surface area contributed by atoms with Gasteiger partial charge in [0.2, 0.25) is 0 Å². The summed E-state index contributed by atoms with van der Waals surface area (Å²) in [5.74, 6) is -3.74. The van der Waals surface area contributed by atoms with Gasteiger partial charge in [-0.25, -0.2) is 9.59 Å². The minimum Gasteiger partial charge on any atom is -0.458 e. The standard InChI is InChI=1S/C30H38ClNO9/c1-14-11-15(2)30-18(12-21(37-5)29(36)39-25(14)17(4)38-22(33)13-31)8-9-19-23(30)24(34)16(3)26(27(19)41-30)40-28(35)20-7-6-10-32-20/h6-11,14,16-19,21,23-27,32,34H,12-13H2,1-5H3/b15-11+/t14-,16-,17-,18-,19-,21+,23+,24-,25+,26-,27-,30+/m1/s1. The number of esters is 3. The molecule has 12 atom stereocenters. The number of aromatic amines is 1. The Balaban J connectivity index is 1.55. The van der Waals surface area contributed by atoms with Gasteiger partial charge in [0.05, 0.1) is 6.10 Å². The van der Waals surface area contributed by atoms with Crippen molar-refractivity contribution in [3.05, 3.63) is 47.8 Å². The fraction of sp³-hybridized carbons (Fsp3) is 0.633. The van der Waals surface area contributed by atoms with Crippen LogP contribution < -0.4 is 0 Å². The van der Waals surface area contributed by atoms with Gasteiger partial charge >= 0.3 is 17.9 Å². The molecule has 0 radical (unpaired) electrons. The lowest BCUT2D eigenvalue weighted by molar-refractivity contribution is -0.178. The predicted molar refractivity (Wildman–Crippen MR) is 147 cm³/mol. The normalized spacial score (nSPS) is 41.8. The smallest absolute Gasteiger partial charge is 0.355 e. The monoisotopic (exact) mass is 591 g/mol. The second-order valence-electron chi connectivity index (χ2n) is 11.7. The first-order valence-electron chi connectivity index (χ1n) is 14.1. The summed E-state index contributed by atoms with van der Waals surface area (Å²) in [6, 6.07) is 3.35. The molecule has 4 bridgehead atoms. The number of methoxy groups -OCH3 is 1. The zero-order valence-electron chi connectivity index (χ0n) is 23.8. The van der Waals surface area contributed by atoms with E-state index in [0.717, 1.165) is 5.57 Å². The van der Waals surface area contributed by atoms with Gasteiger partial charge < -0.3 is 33.8 Å². The molecule has 41 heavy (non-hydrogen) atoms. The van der Waals surface area contributed by atoms with Gasteiger partial charge in [0.1, 0.15) is 41.6 Å². The largest absolute Gasteiger partial charge is 0.458 e. The van der Waals surface area contributed by atoms with Crippen LogP contribution in [0.1, 0.15) is 44.6 Å². The fourth-order valence-corrected chi connectivity index (χ4v) is 7.50. The number of nitrogens with one attached hydrogen (secondary N) is 1. The molecular weight excluding hydrogens is 554 g/mol. The Morgan fingerprint density at radius 1 is 1.29 bits per heavy atom. The maximum absolute atomic E-state index is 13.4. The van der Waals surface area contributed by atoms with E-state index < -0.39 is 72.0 Å². The lowest BCUT2D eigenvalue weighted by atomic mass is 9.57. The van der Waals surface area contributed by atoms with Crippen molar-refractivity contribution < 1.29 is 43.2 Å². The van der Waals surface area contributed by atoms with Gasteiger partial charge in [-0.3, -0.25) is 4.79 Å². The van der Waals surface area contributed by atoms with Crippen molar-refractivity contribution in [2.24, 2.45) is 29.6 Å². The van der Waals surface area contributed by atoms with E-state index in [0.29, 0.717) is 5.69 Å². The van der Waals surface area contributed by atoms with Crippen molar-refractivity contribution in [3.63, 3.8) is 0 Å². The van der Waals surface area contributed by atoms with Gasteiger partial charge in [-0.15, -0.1) is 11.6 Å². The first-order valence-corrected chi connectivity index (χ1v) is 14.6. The van der Waals surface area contributed by atoms with Crippen molar-refractivity contribution in [3.8, 4) is 0 Å². The summed E-state index contributed by atoms with van der Waals surface area (Å²) in [5, 5.41) is 11.8. The molecule has 0 unspecified atom stereocenters. The van der Waals surface area contributed by atoms with Crippen LogP contribution in [0.5, 0.6) is 0 Å². The van der Waals surface area contributed by atoms with Gasteiger partial charge in [0, 0.05) is 42.9 Å². The molecule has 2 N–H and O–H groups in total. The first-order chi connectivity index (χ1) is 19.5. The molecule has 5 rings (SSSR count). The molecule has 1 saturated heterocycles. The van der Waals surface area contributed by atoms with Crippen molar-refractivity contribution >= 4 is 29.5 Å². The molecule has 1 saturated carbocycles. The Kier molecular flexibility index (Phi) is 8.40. The third-order valence-corrected chi connectivity index (χ3v) is 9.57. The van der Waals surface area contributed by atoms with Crippen LogP contribution in [0.25, 0.3) is 0 Å². The van der Waals surface area contributed by atoms with E-state index in [1.54, 1.807) is 25.3 Å². The zero-order chi connectivity index (χ0) is 29.6. The maximum atomic E-state index is 13.4. The molecule has 4 aliphatic rings. The Hall–Kier alpha value is -2.66. The van der Waals surface area contributed by atoms with Gasteiger partial charge in [-0.05, 0) is 38.0 Å². The van der Waals surface area contributed by atoms with Crippen LogP contribution in [-0.4, -0.2) is 83.2 Å². The minimum absolute atomic E-state index is 0.215. The number of hydrogen-bond donors (Lipinski definition) is 2. The van der Waals surface area contributed by atoms with E-state index in [1.807, 2.05) is 39.0 Å². The number of hydrogen-bond acceptors (Lipinski definition) is 9. The third kappa shape index (κ3) is 5.02. The van der Waals surface area contributed by atoms with Crippen LogP contribution in [-0.2, 0) is 33.3 Å². The number of aliphatic hydroxyl groups excluding tert-OH is 1. The Bertz CT molecular complexity index is 1210. The molecule has 1 aromatic heterocycles. The molecule has 224 valence electrons. The molecule has 1 spiro atoms. The molecular formula is C30H38ClNO9. The summed E-state index contributed by atoms with van der Waals surface area (Å²) in [5.41, 5.74) is 0.184. The summed E-state index contributed by atoms with van der Waals surface area (Å²) in [4.78, 5) is 41.1. The summed E-state index contributed by atoms with van der Waals surface area (Å²) in [6.45, 7) is 7.36. The highest BCUT2D eigenvalue weighted by Crippen LogP contribution is 2.61. The summed E-state index contributed by atoms with van der Waals surface area (Å²) >= 11 is 5.65.